The monoisotopic (exact) mass is 1210 g/mol. The molecule has 0 aliphatic carbocycles. The number of nitrogens with zero attached hydrogens (tertiary/aromatic N) is 4. The second-order valence-corrected chi connectivity index (χ2v) is 24.7. The zero-order chi connectivity index (χ0) is 68.8. The minimum Gasteiger partial charge on any atom is -0.456 e. The van der Waals surface area contributed by atoms with E-state index in [0.29, 0.717) is 5.56 Å². The second kappa shape index (κ2) is 26.3. The van der Waals surface area contributed by atoms with Crippen LogP contribution in [0, 0.1) is 34.6 Å². The maximum absolute atomic E-state index is 8.33. The number of para-hydroxylation sites is 3. The Kier molecular flexibility index (Phi) is 16.0. The SMILES string of the molecule is CCc1cc[n+](C)c(-c2cc3oc4ccccc4c3cc2C)c1.Cc1cc[n+](C)c(-c2cc3oc4ccccc4c3cc2C)c1.[2H]C(C)(C)c1cc[n+](C)c(-c2cc3oc4ccccc4c3cc2C)c1.[2H]C([2H])([2H])C([2H])(C)c1ccc(-c2cc(-c3ccccc3)ccc2C)[n+](C)c1. The van der Waals surface area contributed by atoms with Crippen LogP contribution >= 0.6 is 0 Å². The largest absolute Gasteiger partial charge is 0.456 e. The van der Waals surface area contributed by atoms with Crippen LogP contribution in [0.2, 0.25) is 0 Å². The number of pyridine rings is 4. The molecule has 0 fully saturated rings. The lowest BCUT2D eigenvalue weighted by molar-refractivity contribution is -0.661. The van der Waals surface area contributed by atoms with Crippen molar-refractivity contribution in [1.29, 1.82) is 0 Å². The molecule has 7 aromatic heterocycles. The van der Waals surface area contributed by atoms with Gasteiger partial charge in [-0.15, -0.1) is 0 Å². The number of aromatic nitrogens is 4. The molecule has 0 saturated carbocycles. The molecule has 7 nitrogen and oxygen atoms in total. The van der Waals surface area contributed by atoms with Gasteiger partial charge in [-0.3, -0.25) is 0 Å². The zero-order valence-electron chi connectivity index (χ0n) is 60.2. The molecule has 92 heavy (non-hydrogen) atoms. The standard InChI is InChI=1S/C22H22NO.C22H24N.C21H20NO.C20H18NO/c1-14(2)16-9-10-23(4)20(12-16)18-13-22-19(11-15(18)3)17-7-5-6-8-21(17)24-22;1-16(2)20-12-13-22(23(4)15-20)21-14-19(11-10-17(21)3)18-8-6-5-7-9-18;1-4-15-9-10-22(3)19(12-15)17-13-21-18(11-14(17)2)16-7-5-6-8-20(16)23-21;1-13-8-9-21(3)18(10-13)16-12-20-17(11-14(16)2)15-6-4-5-7-19(15)22-20/h5-14H,1-4H3;5-16H,1-4H3;5-13H,4H2,1-3H3;4-12H,1-3H3/q4*+1/i14D;1D3,16D;;. The van der Waals surface area contributed by atoms with Crippen LogP contribution in [0.4, 0.5) is 0 Å². The highest BCUT2D eigenvalue weighted by molar-refractivity contribution is 6.08. The predicted molar refractivity (Wildman–Crippen MR) is 381 cm³/mol. The van der Waals surface area contributed by atoms with E-state index in [0.717, 1.165) is 95.5 Å². The van der Waals surface area contributed by atoms with Gasteiger partial charge in [0, 0.05) is 92.8 Å². The Balaban J connectivity index is 0.000000124. The van der Waals surface area contributed by atoms with Gasteiger partial charge in [-0.05, 0) is 170 Å². The summed E-state index contributed by atoms with van der Waals surface area (Å²) in [5.74, 6) is -2.27. The Labute approximate surface area is 548 Å². The number of furan rings is 3. The zero-order valence-corrected chi connectivity index (χ0v) is 55.2. The van der Waals surface area contributed by atoms with Crippen molar-refractivity contribution >= 4 is 65.8 Å². The van der Waals surface area contributed by atoms with Gasteiger partial charge in [0.15, 0.2) is 24.8 Å². The Morgan fingerprint density at radius 3 is 1.30 bits per heavy atom. The Bertz CT molecular complexity index is 5460. The molecule has 0 aliphatic heterocycles. The van der Waals surface area contributed by atoms with Crippen LogP contribution in [0.1, 0.15) is 97.7 Å². The van der Waals surface area contributed by atoms with Gasteiger partial charge in [-0.2, -0.15) is 0 Å². The van der Waals surface area contributed by atoms with E-state index in [1.807, 2.05) is 112 Å². The molecular weight excluding hydrogens is 1120 g/mol. The summed E-state index contributed by atoms with van der Waals surface area (Å²) in [7, 11) is 8.11. The molecule has 1 atom stereocenters. The van der Waals surface area contributed by atoms with Crippen molar-refractivity contribution in [2.75, 3.05) is 0 Å². The molecule has 15 aromatic rings. The minimum atomic E-state index is -2.38. The topological polar surface area (TPSA) is 54.9 Å². The molecule has 7 heteroatoms. The van der Waals surface area contributed by atoms with E-state index < -0.39 is 18.6 Å². The van der Waals surface area contributed by atoms with E-state index >= 15 is 0 Å². The molecule has 0 spiro atoms. The van der Waals surface area contributed by atoms with Gasteiger partial charge in [-0.1, -0.05) is 132 Å². The molecule has 7 heterocycles. The first kappa shape index (κ1) is 55.8. The van der Waals surface area contributed by atoms with Crippen molar-refractivity contribution < 1.29 is 38.4 Å². The van der Waals surface area contributed by atoms with E-state index in [1.165, 1.54) is 78.8 Å². The second-order valence-electron chi connectivity index (χ2n) is 24.7. The summed E-state index contributed by atoms with van der Waals surface area (Å²) >= 11 is 0. The third kappa shape index (κ3) is 12.7. The fourth-order valence-corrected chi connectivity index (χ4v) is 12.5. The number of aryl methyl sites for hydroxylation is 10. The van der Waals surface area contributed by atoms with E-state index in [4.69, 9.17) is 20.1 Å². The number of hydrogen-bond donors (Lipinski definition) is 0. The summed E-state index contributed by atoms with van der Waals surface area (Å²) in [6, 6.07) is 70.9. The van der Waals surface area contributed by atoms with Crippen molar-refractivity contribution in [2.45, 2.75) is 87.4 Å². The van der Waals surface area contributed by atoms with Gasteiger partial charge in [-0.25, -0.2) is 18.3 Å². The molecule has 458 valence electrons. The summed E-state index contributed by atoms with van der Waals surface area (Å²) < 4.78 is 66.1. The summed E-state index contributed by atoms with van der Waals surface area (Å²) in [6.45, 7) is 15.7. The normalized spacial score (nSPS) is 13.1. The minimum absolute atomic E-state index is 0.477. The average molecular weight is 1210 g/mol. The van der Waals surface area contributed by atoms with Crippen LogP contribution in [0.15, 0.2) is 244 Å². The van der Waals surface area contributed by atoms with E-state index in [2.05, 4.69) is 209 Å². The molecule has 0 radical (unpaired) electrons. The van der Waals surface area contributed by atoms with Gasteiger partial charge in [0.1, 0.15) is 61.7 Å². The molecular formula is C85H84N4O3+4. The van der Waals surface area contributed by atoms with Crippen LogP contribution in [-0.2, 0) is 34.6 Å². The number of hydrogen-bond acceptors (Lipinski definition) is 3. The van der Waals surface area contributed by atoms with Gasteiger partial charge in [0.05, 0.1) is 16.7 Å². The lowest BCUT2D eigenvalue weighted by atomic mass is 9.96. The predicted octanol–water partition coefficient (Wildman–Crippen LogP) is 20.4. The molecule has 15 rings (SSSR count). The lowest BCUT2D eigenvalue weighted by Gasteiger charge is -2.10. The first-order chi connectivity index (χ1) is 46.3. The Hall–Kier alpha value is -10.2. The van der Waals surface area contributed by atoms with Crippen LogP contribution < -0.4 is 18.3 Å². The molecule has 0 saturated heterocycles. The molecule has 0 N–H and O–H groups in total. The summed E-state index contributed by atoms with van der Waals surface area (Å²) in [5, 5.41) is 7.04. The summed E-state index contributed by atoms with van der Waals surface area (Å²) in [4.78, 5) is 0. The van der Waals surface area contributed by atoms with Crippen molar-refractivity contribution in [3.05, 3.63) is 276 Å². The van der Waals surface area contributed by atoms with Gasteiger partial charge in [0.2, 0.25) is 22.8 Å². The van der Waals surface area contributed by atoms with Crippen molar-refractivity contribution in [2.24, 2.45) is 28.2 Å². The fraction of sp³-hybridized carbons (Fsp3) is 0.200. The highest BCUT2D eigenvalue weighted by atomic mass is 16.3. The van der Waals surface area contributed by atoms with Crippen molar-refractivity contribution in [3.8, 4) is 56.2 Å². The molecule has 0 amide bonds. The maximum Gasteiger partial charge on any atom is 0.212 e. The molecule has 8 aromatic carbocycles. The summed E-state index contributed by atoms with van der Waals surface area (Å²) in [5.41, 5.74) is 26.1. The summed E-state index contributed by atoms with van der Waals surface area (Å²) in [6.07, 6.45) is 9.07. The Morgan fingerprint density at radius 1 is 0.359 bits per heavy atom. The van der Waals surface area contributed by atoms with Crippen LogP contribution in [-0.4, -0.2) is 0 Å². The smallest absolute Gasteiger partial charge is 0.212 e. The fourth-order valence-electron chi connectivity index (χ4n) is 12.5. The lowest BCUT2D eigenvalue weighted by Crippen LogP contribution is -2.31. The first-order valence-electron chi connectivity index (χ1n) is 34.1. The van der Waals surface area contributed by atoms with E-state index in [1.54, 1.807) is 12.3 Å². The van der Waals surface area contributed by atoms with E-state index in [9.17, 15) is 0 Å². The number of benzene rings is 8. The highest BCUT2D eigenvalue weighted by Gasteiger charge is 2.22. The van der Waals surface area contributed by atoms with E-state index in [-0.39, 0.29) is 0 Å². The quantitative estimate of drug-likeness (QED) is 0.143. The van der Waals surface area contributed by atoms with Gasteiger partial charge < -0.3 is 13.3 Å². The highest BCUT2D eigenvalue weighted by Crippen LogP contribution is 2.38. The maximum atomic E-state index is 8.33. The number of fused-ring (bicyclic) bond motifs is 9. The molecule has 0 bridgehead atoms. The average Bonchev–Trinajstić information content (AvgIpc) is 1.71. The first-order valence-corrected chi connectivity index (χ1v) is 31.6. The molecule has 0 aliphatic rings. The third-order valence-corrected chi connectivity index (χ3v) is 17.8. The molecule has 1 unspecified atom stereocenters. The van der Waals surface area contributed by atoms with Crippen molar-refractivity contribution in [3.63, 3.8) is 0 Å². The van der Waals surface area contributed by atoms with Crippen LogP contribution in [0.3, 0.4) is 0 Å². The number of rotatable bonds is 8. The Morgan fingerprint density at radius 2 is 0.815 bits per heavy atom. The van der Waals surface area contributed by atoms with Gasteiger partial charge >= 0.3 is 0 Å². The van der Waals surface area contributed by atoms with Crippen LogP contribution in [0.5, 0.6) is 0 Å². The van der Waals surface area contributed by atoms with Crippen LogP contribution in [0.25, 0.3) is 122 Å². The van der Waals surface area contributed by atoms with Gasteiger partial charge in [0.25, 0.3) is 0 Å². The van der Waals surface area contributed by atoms with Crippen molar-refractivity contribution in [1.82, 2.24) is 0 Å². The third-order valence-electron chi connectivity index (χ3n) is 17.8.